The fourth-order valence-corrected chi connectivity index (χ4v) is 2.62. The van der Waals surface area contributed by atoms with Crippen molar-refractivity contribution in [2.75, 3.05) is 13.7 Å². The van der Waals surface area contributed by atoms with Gasteiger partial charge < -0.3 is 9.47 Å². The third-order valence-corrected chi connectivity index (χ3v) is 3.82. The standard InChI is InChI=1S/C16H14ClIN2O3/c1-22-15-6-5-11(7-14(15)18)9-19-20-16(21)10-23-13-4-2-3-12(17)8-13/h2-9H,10H2,1H3,(H,20,21)/b19-9+. The number of hydrazone groups is 1. The first kappa shape index (κ1) is 17.6. The number of rotatable bonds is 6. The molecule has 0 saturated heterocycles. The average Bonchev–Trinajstić information content (AvgIpc) is 2.53. The Bertz CT molecular complexity index is 722. The predicted octanol–water partition coefficient (Wildman–Crippen LogP) is 3.48. The molecule has 7 heteroatoms. The number of ether oxygens (including phenoxy) is 2. The first-order valence-corrected chi connectivity index (χ1v) is 8.08. The van der Waals surface area contributed by atoms with Crippen LogP contribution in [0.2, 0.25) is 5.02 Å². The van der Waals surface area contributed by atoms with Crippen molar-refractivity contribution in [3.63, 3.8) is 0 Å². The number of carbonyl (C=O) groups excluding carboxylic acids is 1. The molecule has 0 aliphatic heterocycles. The maximum Gasteiger partial charge on any atom is 0.277 e. The predicted molar refractivity (Wildman–Crippen MR) is 98.4 cm³/mol. The van der Waals surface area contributed by atoms with Gasteiger partial charge in [-0.25, -0.2) is 5.43 Å². The largest absolute Gasteiger partial charge is 0.496 e. The highest BCUT2D eigenvalue weighted by Crippen LogP contribution is 2.20. The molecule has 0 radical (unpaired) electrons. The molecule has 120 valence electrons. The molecule has 0 aliphatic rings. The highest BCUT2D eigenvalue weighted by molar-refractivity contribution is 14.1. The third-order valence-electron chi connectivity index (χ3n) is 2.74. The minimum Gasteiger partial charge on any atom is -0.496 e. The normalized spacial score (nSPS) is 10.6. The summed E-state index contributed by atoms with van der Waals surface area (Å²) in [5.41, 5.74) is 3.26. The molecule has 0 heterocycles. The smallest absolute Gasteiger partial charge is 0.277 e. The molecule has 0 bridgehead atoms. The van der Waals surface area contributed by atoms with E-state index < -0.39 is 0 Å². The van der Waals surface area contributed by atoms with Gasteiger partial charge in [-0.2, -0.15) is 5.10 Å². The Morgan fingerprint density at radius 3 is 2.87 bits per heavy atom. The van der Waals surface area contributed by atoms with Crippen molar-refractivity contribution in [2.45, 2.75) is 0 Å². The summed E-state index contributed by atoms with van der Waals surface area (Å²) in [6.07, 6.45) is 1.55. The molecule has 1 amide bonds. The maximum absolute atomic E-state index is 11.7. The summed E-state index contributed by atoms with van der Waals surface area (Å²) in [6, 6.07) is 12.4. The number of carbonyl (C=O) groups is 1. The fourth-order valence-electron chi connectivity index (χ4n) is 1.68. The van der Waals surface area contributed by atoms with Crippen LogP contribution in [-0.2, 0) is 4.79 Å². The van der Waals surface area contributed by atoms with E-state index in [9.17, 15) is 4.79 Å². The second-order valence-corrected chi connectivity index (χ2v) is 6.03. The van der Waals surface area contributed by atoms with E-state index in [1.54, 1.807) is 37.6 Å². The zero-order valence-corrected chi connectivity index (χ0v) is 15.2. The van der Waals surface area contributed by atoms with Crippen LogP contribution >= 0.6 is 34.2 Å². The van der Waals surface area contributed by atoms with E-state index in [0.29, 0.717) is 10.8 Å². The number of hydrogen-bond acceptors (Lipinski definition) is 4. The highest BCUT2D eigenvalue weighted by atomic mass is 127. The van der Waals surface area contributed by atoms with Gasteiger partial charge in [0.1, 0.15) is 11.5 Å². The molecular formula is C16H14ClIN2O3. The minimum atomic E-state index is -0.357. The van der Waals surface area contributed by atoms with Gasteiger partial charge in [-0.05, 0) is 64.6 Å². The van der Waals surface area contributed by atoms with Crippen LogP contribution in [0.4, 0.5) is 0 Å². The summed E-state index contributed by atoms with van der Waals surface area (Å²) < 4.78 is 11.5. The first-order chi connectivity index (χ1) is 11.1. The van der Waals surface area contributed by atoms with E-state index in [4.69, 9.17) is 21.1 Å². The molecular weight excluding hydrogens is 431 g/mol. The summed E-state index contributed by atoms with van der Waals surface area (Å²) >= 11 is 8.00. The van der Waals surface area contributed by atoms with Gasteiger partial charge in [0.2, 0.25) is 0 Å². The van der Waals surface area contributed by atoms with E-state index in [1.165, 1.54) is 0 Å². The van der Waals surface area contributed by atoms with Crippen LogP contribution in [-0.4, -0.2) is 25.8 Å². The Balaban J connectivity index is 1.83. The molecule has 0 aromatic heterocycles. The summed E-state index contributed by atoms with van der Waals surface area (Å²) in [7, 11) is 1.62. The van der Waals surface area contributed by atoms with E-state index in [2.05, 4.69) is 33.1 Å². The first-order valence-electron chi connectivity index (χ1n) is 6.62. The number of amides is 1. The minimum absolute atomic E-state index is 0.141. The number of benzene rings is 2. The lowest BCUT2D eigenvalue weighted by Gasteiger charge is -2.05. The fraction of sp³-hybridized carbons (Fsp3) is 0.125. The summed E-state index contributed by atoms with van der Waals surface area (Å²) in [5, 5.41) is 4.44. The molecule has 2 aromatic rings. The lowest BCUT2D eigenvalue weighted by Crippen LogP contribution is -2.24. The van der Waals surface area contributed by atoms with Crippen molar-refractivity contribution >= 4 is 46.3 Å². The van der Waals surface area contributed by atoms with Crippen LogP contribution in [0.25, 0.3) is 0 Å². The SMILES string of the molecule is COc1ccc(/C=N/NC(=O)COc2cccc(Cl)c2)cc1I. The zero-order valence-electron chi connectivity index (χ0n) is 12.3. The van der Waals surface area contributed by atoms with Gasteiger partial charge in [-0.1, -0.05) is 17.7 Å². The second-order valence-electron chi connectivity index (χ2n) is 4.43. The lowest BCUT2D eigenvalue weighted by atomic mass is 10.2. The summed E-state index contributed by atoms with van der Waals surface area (Å²) in [5.74, 6) is 0.965. The van der Waals surface area contributed by atoms with Crippen molar-refractivity contribution in [3.8, 4) is 11.5 Å². The molecule has 0 fully saturated rings. The average molecular weight is 445 g/mol. The molecule has 0 aliphatic carbocycles. The molecule has 23 heavy (non-hydrogen) atoms. The number of hydrogen-bond donors (Lipinski definition) is 1. The zero-order chi connectivity index (χ0) is 16.7. The Kier molecular flexibility index (Phi) is 6.66. The number of methoxy groups -OCH3 is 1. The lowest BCUT2D eigenvalue weighted by molar-refractivity contribution is -0.123. The number of nitrogens with one attached hydrogen (secondary N) is 1. The molecule has 0 saturated carbocycles. The Hall–Kier alpha value is -1.80. The Morgan fingerprint density at radius 2 is 2.17 bits per heavy atom. The van der Waals surface area contributed by atoms with Gasteiger partial charge in [-0.15, -0.1) is 0 Å². The van der Waals surface area contributed by atoms with E-state index >= 15 is 0 Å². The molecule has 5 nitrogen and oxygen atoms in total. The summed E-state index contributed by atoms with van der Waals surface area (Å²) in [4.78, 5) is 11.7. The van der Waals surface area contributed by atoms with Gasteiger partial charge in [0.15, 0.2) is 6.61 Å². The Morgan fingerprint density at radius 1 is 1.35 bits per heavy atom. The molecule has 1 N–H and O–H groups in total. The molecule has 2 aromatic carbocycles. The van der Waals surface area contributed by atoms with Crippen molar-refractivity contribution in [3.05, 3.63) is 56.6 Å². The van der Waals surface area contributed by atoms with E-state index in [-0.39, 0.29) is 12.5 Å². The van der Waals surface area contributed by atoms with Gasteiger partial charge in [0.05, 0.1) is 16.9 Å². The molecule has 0 spiro atoms. The van der Waals surface area contributed by atoms with Crippen molar-refractivity contribution < 1.29 is 14.3 Å². The van der Waals surface area contributed by atoms with Crippen molar-refractivity contribution in [1.29, 1.82) is 0 Å². The van der Waals surface area contributed by atoms with Crippen LogP contribution in [0, 0.1) is 3.57 Å². The second kappa shape index (κ2) is 8.73. The third kappa shape index (κ3) is 5.72. The van der Waals surface area contributed by atoms with Crippen LogP contribution in [0.1, 0.15) is 5.56 Å². The highest BCUT2D eigenvalue weighted by Gasteiger charge is 2.02. The van der Waals surface area contributed by atoms with Gasteiger partial charge in [0, 0.05) is 5.02 Å². The number of nitrogens with zero attached hydrogens (tertiary/aromatic N) is 1. The molecule has 0 unspecified atom stereocenters. The van der Waals surface area contributed by atoms with Gasteiger partial charge in [0.25, 0.3) is 5.91 Å². The molecule has 0 atom stereocenters. The van der Waals surface area contributed by atoms with Gasteiger partial charge in [-0.3, -0.25) is 4.79 Å². The summed E-state index contributed by atoms with van der Waals surface area (Å²) in [6.45, 7) is -0.141. The van der Waals surface area contributed by atoms with Gasteiger partial charge >= 0.3 is 0 Å². The van der Waals surface area contributed by atoms with Crippen LogP contribution < -0.4 is 14.9 Å². The van der Waals surface area contributed by atoms with Crippen LogP contribution in [0.3, 0.4) is 0 Å². The van der Waals surface area contributed by atoms with E-state index in [1.807, 2.05) is 18.2 Å². The van der Waals surface area contributed by atoms with Crippen LogP contribution in [0.15, 0.2) is 47.6 Å². The topological polar surface area (TPSA) is 59.9 Å². The molecule has 2 rings (SSSR count). The quantitative estimate of drug-likeness (QED) is 0.422. The Labute approximate surface area is 152 Å². The van der Waals surface area contributed by atoms with Crippen molar-refractivity contribution in [1.82, 2.24) is 5.43 Å². The van der Waals surface area contributed by atoms with Crippen molar-refractivity contribution in [2.24, 2.45) is 5.10 Å². The van der Waals surface area contributed by atoms with E-state index in [0.717, 1.165) is 14.9 Å². The van der Waals surface area contributed by atoms with Crippen LogP contribution in [0.5, 0.6) is 11.5 Å². The number of halogens is 2. The monoisotopic (exact) mass is 444 g/mol. The maximum atomic E-state index is 11.7.